The molecule has 5 nitrogen and oxygen atoms in total. The molecule has 0 unspecified atom stereocenters. The van der Waals surface area contributed by atoms with E-state index in [2.05, 4.69) is 5.32 Å². The van der Waals surface area contributed by atoms with Crippen molar-refractivity contribution in [2.45, 2.75) is 12.6 Å². The third-order valence-electron chi connectivity index (χ3n) is 2.36. The zero-order valence-electron chi connectivity index (χ0n) is 10.2. The Morgan fingerprint density at radius 1 is 1.42 bits per heavy atom. The second-order valence-corrected chi connectivity index (χ2v) is 3.76. The molecule has 0 radical (unpaired) electrons. The average Bonchev–Trinajstić information content (AvgIpc) is 2.33. The van der Waals surface area contributed by atoms with E-state index >= 15 is 0 Å². The van der Waals surface area contributed by atoms with Gasteiger partial charge in [0.25, 0.3) is 5.69 Å². The molecule has 0 spiro atoms. The molecule has 0 amide bonds. The fourth-order valence-corrected chi connectivity index (χ4v) is 1.45. The molecule has 19 heavy (non-hydrogen) atoms. The summed E-state index contributed by atoms with van der Waals surface area (Å²) in [6.45, 7) is 0.835. The predicted molar refractivity (Wildman–Crippen MR) is 63.1 cm³/mol. The zero-order valence-corrected chi connectivity index (χ0v) is 10.2. The normalized spacial score (nSPS) is 11.4. The van der Waals surface area contributed by atoms with Crippen LogP contribution in [0, 0.1) is 10.1 Å². The molecule has 0 atom stereocenters. The fourth-order valence-electron chi connectivity index (χ4n) is 1.45. The molecule has 0 bridgehead atoms. The van der Waals surface area contributed by atoms with Crippen molar-refractivity contribution in [2.75, 3.05) is 25.6 Å². The summed E-state index contributed by atoms with van der Waals surface area (Å²) in [6, 6.07) is 2.40. The third kappa shape index (κ3) is 4.40. The second kappa shape index (κ2) is 6.37. The van der Waals surface area contributed by atoms with Crippen LogP contribution in [0.1, 0.15) is 12.0 Å². The Kier molecular flexibility index (Phi) is 5.11. The quantitative estimate of drug-likeness (QED) is 0.493. The summed E-state index contributed by atoms with van der Waals surface area (Å²) in [5.41, 5.74) is -1.57. The maximum absolute atomic E-state index is 12.5. The largest absolute Gasteiger partial charge is 0.416 e. The Morgan fingerprint density at radius 3 is 2.63 bits per heavy atom. The highest BCUT2D eigenvalue weighted by atomic mass is 19.4. The molecule has 0 aliphatic carbocycles. The van der Waals surface area contributed by atoms with Gasteiger partial charge in [-0.1, -0.05) is 0 Å². The topological polar surface area (TPSA) is 64.4 Å². The molecular weight excluding hydrogens is 265 g/mol. The Bertz CT molecular complexity index is 449. The van der Waals surface area contributed by atoms with E-state index in [1.165, 1.54) is 7.11 Å². The van der Waals surface area contributed by atoms with Gasteiger partial charge in [-0.2, -0.15) is 13.2 Å². The summed E-state index contributed by atoms with van der Waals surface area (Å²) in [5, 5.41) is 13.5. The van der Waals surface area contributed by atoms with E-state index in [9.17, 15) is 23.3 Å². The Balaban J connectivity index is 2.90. The van der Waals surface area contributed by atoms with Gasteiger partial charge in [0.1, 0.15) is 5.69 Å². The number of ether oxygens (including phenoxy) is 1. The van der Waals surface area contributed by atoms with Crippen molar-refractivity contribution >= 4 is 11.4 Å². The highest BCUT2D eigenvalue weighted by molar-refractivity contribution is 5.62. The summed E-state index contributed by atoms with van der Waals surface area (Å²) < 4.78 is 42.2. The minimum atomic E-state index is -4.60. The number of hydrogen-bond donors (Lipinski definition) is 1. The van der Waals surface area contributed by atoms with E-state index in [1.54, 1.807) is 0 Å². The summed E-state index contributed by atoms with van der Waals surface area (Å²) >= 11 is 0. The molecule has 0 saturated heterocycles. The van der Waals surface area contributed by atoms with Crippen LogP contribution in [-0.2, 0) is 10.9 Å². The molecule has 0 saturated carbocycles. The number of alkyl halides is 3. The molecule has 1 aromatic rings. The molecule has 0 fully saturated rings. The monoisotopic (exact) mass is 278 g/mol. The highest BCUT2D eigenvalue weighted by Gasteiger charge is 2.32. The molecule has 1 aromatic carbocycles. The summed E-state index contributed by atoms with van der Waals surface area (Å²) in [4.78, 5) is 9.92. The third-order valence-corrected chi connectivity index (χ3v) is 2.36. The lowest BCUT2D eigenvalue weighted by molar-refractivity contribution is -0.384. The van der Waals surface area contributed by atoms with Crippen LogP contribution < -0.4 is 5.32 Å². The molecule has 106 valence electrons. The minimum absolute atomic E-state index is 0.0640. The van der Waals surface area contributed by atoms with Gasteiger partial charge in [-0.25, -0.2) is 0 Å². The summed E-state index contributed by atoms with van der Waals surface area (Å²) in [5.74, 6) is 0. The van der Waals surface area contributed by atoms with Crippen LogP contribution in [0.4, 0.5) is 24.5 Å². The van der Waals surface area contributed by atoms with Gasteiger partial charge in [0.05, 0.1) is 10.5 Å². The number of nitrogens with one attached hydrogen (secondary N) is 1. The standard InChI is InChI=1S/C11H13F3N2O3/c1-19-6-2-5-15-9-4-3-8(11(12,13)14)7-10(9)16(17)18/h3-4,7,15H,2,5-6H2,1H3. The summed E-state index contributed by atoms with van der Waals surface area (Å²) in [7, 11) is 1.51. The molecule has 8 heteroatoms. The number of rotatable bonds is 6. The number of hydrogen-bond acceptors (Lipinski definition) is 4. The first-order chi connectivity index (χ1) is 8.86. The van der Waals surface area contributed by atoms with Crippen LogP contribution in [0.25, 0.3) is 0 Å². The zero-order chi connectivity index (χ0) is 14.5. The summed E-state index contributed by atoms with van der Waals surface area (Å²) in [6.07, 6.45) is -4.01. The first-order valence-electron chi connectivity index (χ1n) is 5.44. The maximum Gasteiger partial charge on any atom is 0.416 e. The van der Waals surface area contributed by atoms with Crippen molar-refractivity contribution in [3.05, 3.63) is 33.9 Å². The smallest absolute Gasteiger partial charge is 0.385 e. The van der Waals surface area contributed by atoms with Crippen molar-refractivity contribution in [1.29, 1.82) is 0 Å². The fraction of sp³-hybridized carbons (Fsp3) is 0.455. The number of anilines is 1. The molecule has 1 rings (SSSR count). The SMILES string of the molecule is COCCCNc1ccc(C(F)(F)F)cc1[N+](=O)[O-]. The first kappa shape index (κ1) is 15.2. The number of methoxy groups -OCH3 is 1. The Morgan fingerprint density at radius 2 is 2.11 bits per heavy atom. The highest BCUT2D eigenvalue weighted by Crippen LogP contribution is 2.34. The maximum atomic E-state index is 12.5. The molecule has 0 heterocycles. The van der Waals surface area contributed by atoms with Crippen LogP contribution in [0.2, 0.25) is 0 Å². The Hall–Kier alpha value is -1.83. The number of nitro benzene ring substituents is 1. The lowest BCUT2D eigenvalue weighted by atomic mass is 10.1. The lowest BCUT2D eigenvalue weighted by Gasteiger charge is -2.10. The van der Waals surface area contributed by atoms with Crippen LogP contribution in [0.3, 0.4) is 0 Å². The van der Waals surface area contributed by atoms with Crippen LogP contribution in [-0.4, -0.2) is 25.2 Å². The van der Waals surface area contributed by atoms with Gasteiger partial charge < -0.3 is 10.1 Å². The lowest BCUT2D eigenvalue weighted by Crippen LogP contribution is -2.09. The van der Waals surface area contributed by atoms with E-state index in [0.717, 1.165) is 12.1 Å². The van der Waals surface area contributed by atoms with Crippen molar-refractivity contribution in [1.82, 2.24) is 0 Å². The Labute approximate surface area is 107 Å². The number of nitro groups is 1. The molecule has 0 aliphatic rings. The van der Waals surface area contributed by atoms with E-state index in [0.29, 0.717) is 25.6 Å². The van der Waals surface area contributed by atoms with E-state index in [4.69, 9.17) is 4.74 Å². The van der Waals surface area contributed by atoms with Crippen LogP contribution in [0.5, 0.6) is 0 Å². The molecular formula is C11H13F3N2O3. The number of nitrogens with zero attached hydrogens (tertiary/aromatic N) is 1. The van der Waals surface area contributed by atoms with Crippen molar-refractivity contribution in [3.8, 4) is 0 Å². The van der Waals surface area contributed by atoms with Gasteiger partial charge in [-0.15, -0.1) is 0 Å². The minimum Gasteiger partial charge on any atom is -0.385 e. The number of benzene rings is 1. The molecule has 0 aliphatic heterocycles. The van der Waals surface area contributed by atoms with Gasteiger partial charge >= 0.3 is 6.18 Å². The molecule has 1 N–H and O–H groups in total. The van der Waals surface area contributed by atoms with Gasteiger partial charge in [-0.3, -0.25) is 10.1 Å². The van der Waals surface area contributed by atoms with Gasteiger partial charge in [-0.05, 0) is 18.6 Å². The van der Waals surface area contributed by atoms with E-state index in [-0.39, 0.29) is 5.69 Å². The predicted octanol–water partition coefficient (Wildman–Crippen LogP) is 3.06. The average molecular weight is 278 g/mol. The van der Waals surface area contributed by atoms with Gasteiger partial charge in [0.15, 0.2) is 0 Å². The van der Waals surface area contributed by atoms with Crippen molar-refractivity contribution in [3.63, 3.8) is 0 Å². The molecule has 0 aromatic heterocycles. The van der Waals surface area contributed by atoms with Crippen LogP contribution in [0.15, 0.2) is 18.2 Å². The van der Waals surface area contributed by atoms with Crippen LogP contribution >= 0.6 is 0 Å². The van der Waals surface area contributed by atoms with Gasteiger partial charge in [0.2, 0.25) is 0 Å². The second-order valence-electron chi connectivity index (χ2n) is 3.76. The van der Waals surface area contributed by atoms with Crippen molar-refractivity contribution in [2.24, 2.45) is 0 Å². The van der Waals surface area contributed by atoms with E-state index in [1.807, 2.05) is 0 Å². The van der Waals surface area contributed by atoms with E-state index < -0.39 is 22.4 Å². The van der Waals surface area contributed by atoms with Gasteiger partial charge in [0, 0.05) is 26.3 Å². The number of halogens is 3. The van der Waals surface area contributed by atoms with Crippen molar-refractivity contribution < 1.29 is 22.8 Å². The first-order valence-corrected chi connectivity index (χ1v) is 5.44.